The van der Waals surface area contributed by atoms with E-state index in [0.717, 1.165) is 28.0 Å². The Morgan fingerprint density at radius 3 is 2.72 bits per heavy atom. The molecule has 8 heteroatoms. The first kappa shape index (κ1) is 21.5. The van der Waals surface area contributed by atoms with Crippen LogP contribution in [0.4, 0.5) is 5.13 Å². The molecule has 7 nitrogen and oxygen atoms in total. The monoisotopic (exact) mass is 447 g/mol. The lowest BCUT2D eigenvalue weighted by Gasteiger charge is -2.08. The lowest BCUT2D eigenvalue weighted by Crippen LogP contribution is -2.19. The van der Waals surface area contributed by atoms with Gasteiger partial charge >= 0.3 is 5.97 Å². The summed E-state index contributed by atoms with van der Waals surface area (Å²) in [5.41, 5.74) is 8.66. The van der Waals surface area contributed by atoms with E-state index < -0.39 is 5.97 Å². The summed E-state index contributed by atoms with van der Waals surface area (Å²) in [4.78, 5) is 40.9. The van der Waals surface area contributed by atoms with Gasteiger partial charge in [-0.2, -0.15) is 0 Å². The molecule has 3 aromatic rings. The number of fused-ring (bicyclic) bond motifs is 1. The van der Waals surface area contributed by atoms with Gasteiger partial charge in [-0.15, -0.1) is 0 Å². The first-order valence-electron chi connectivity index (χ1n) is 10.1. The number of nitrogens with zero attached hydrogens (tertiary/aromatic N) is 1. The molecule has 4 rings (SSSR count). The van der Waals surface area contributed by atoms with E-state index in [0.29, 0.717) is 34.3 Å². The number of amides is 2. The minimum Gasteiger partial charge on any atom is -0.422 e. The van der Waals surface area contributed by atoms with Gasteiger partial charge in [0.05, 0.1) is 11.6 Å². The fourth-order valence-corrected chi connectivity index (χ4v) is 4.47. The number of esters is 1. The number of primary amides is 1. The maximum absolute atomic E-state index is 12.7. The highest BCUT2D eigenvalue weighted by Gasteiger charge is 2.27. The number of benzene rings is 2. The lowest BCUT2D eigenvalue weighted by molar-refractivity contribution is -0.119. The third kappa shape index (κ3) is 4.76. The quantitative estimate of drug-likeness (QED) is 0.339. The van der Waals surface area contributed by atoms with Gasteiger partial charge < -0.3 is 10.5 Å². The van der Waals surface area contributed by atoms with Crippen LogP contribution in [0.2, 0.25) is 0 Å². The highest BCUT2D eigenvalue weighted by atomic mass is 32.1. The van der Waals surface area contributed by atoms with Crippen LogP contribution in [0.3, 0.4) is 0 Å². The van der Waals surface area contributed by atoms with E-state index >= 15 is 0 Å². The highest BCUT2D eigenvalue weighted by molar-refractivity contribution is 7.17. The summed E-state index contributed by atoms with van der Waals surface area (Å²) in [7, 11) is 0. The summed E-state index contributed by atoms with van der Waals surface area (Å²) < 4.78 is 5.51. The Morgan fingerprint density at radius 1 is 1.19 bits per heavy atom. The first-order valence-corrected chi connectivity index (χ1v) is 10.9. The maximum atomic E-state index is 12.7. The van der Waals surface area contributed by atoms with Crippen molar-refractivity contribution in [1.29, 1.82) is 0 Å². The fourth-order valence-electron chi connectivity index (χ4n) is 3.63. The van der Waals surface area contributed by atoms with Gasteiger partial charge in [0, 0.05) is 6.08 Å². The third-order valence-electron chi connectivity index (χ3n) is 5.19. The molecule has 1 aromatic heterocycles. The van der Waals surface area contributed by atoms with Crippen LogP contribution in [-0.2, 0) is 16.0 Å². The van der Waals surface area contributed by atoms with Crippen LogP contribution in [0.15, 0.2) is 54.6 Å². The van der Waals surface area contributed by atoms with Gasteiger partial charge in [-0.05, 0) is 54.7 Å². The van der Waals surface area contributed by atoms with Crippen LogP contribution in [0.25, 0.3) is 6.08 Å². The first-order chi connectivity index (χ1) is 15.4. The second kappa shape index (κ2) is 9.15. The van der Waals surface area contributed by atoms with Crippen molar-refractivity contribution in [3.63, 3.8) is 0 Å². The van der Waals surface area contributed by atoms with Crippen molar-refractivity contribution >= 4 is 40.3 Å². The second-order valence-corrected chi connectivity index (χ2v) is 8.41. The number of thiazole rings is 1. The summed E-state index contributed by atoms with van der Waals surface area (Å²) in [5.74, 6) is -1.14. The van der Waals surface area contributed by atoms with E-state index in [4.69, 9.17) is 10.5 Å². The van der Waals surface area contributed by atoms with Crippen LogP contribution in [0, 0.1) is 6.92 Å². The molecule has 1 heterocycles. The lowest BCUT2D eigenvalue weighted by atomic mass is 10.0. The molecule has 1 unspecified atom stereocenters. The van der Waals surface area contributed by atoms with Crippen LogP contribution in [0.5, 0.6) is 5.75 Å². The van der Waals surface area contributed by atoms with E-state index in [1.807, 2.05) is 30.3 Å². The van der Waals surface area contributed by atoms with Crippen molar-refractivity contribution < 1.29 is 19.1 Å². The average Bonchev–Trinajstić information content (AvgIpc) is 3.36. The molecule has 1 atom stereocenters. The van der Waals surface area contributed by atoms with Gasteiger partial charge in [-0.1, -0.05) is 47.7 Å². The molecule has 1 aliphatic carbocycles. The van der Waals surface area contributed by atoms with Crippen molar-refractivity contribution in [3.8, 4) is 5.75 Å². The molecular formula is C24H21N3O4S. The summed E-state index contributed by atoms with van der Waals surface area (Å²) >= 11 is 1.05. The Kier molecular flexibility index (Phi) is 6.13. The second-order valence-electron chi connectivity index (χ2n) is 7.41. The molecule has 1 aliphatic rings. The highest BCUT2D eigenvalue weighted by Crippen LogP contribution is 2.35. The van der Waals surface area contributed by atoms with E-state index in [9.17, 15) is 14.4 Å². The molecule has 0 radical (unpaired) electrons. The molecule has 162 valence electrons. The Morgan fingerprint density at radius 2 is 1.97 bits per heavy atom. The van der Waals surface area contributed by atoms with Crippen LogP contribution in [-0.4, -0.2) is 22.8 Å². The zero-order valence-electron chi connectivity index (χ0n) is 17.3. The number of ether oxygens (including phenoxy) is 1. The molecule has 0 spiro atoms. The SMILES string of the molecule is Cc1nc(NC(=O)C=Cc2ccccc2)sc1C(=O)Oc1ccc2c(c1)CCC2C(N)=O. The third-order valence-corrected chi connectivity index (χ3v) is 6.24. The molecule has 0 fully saturated rings. The molecule has 0 saturated heterocycles. The zero-order chi connectivity index (χ0) is 22.7. The standard InChI is InChI=1S/C24H21N3O4S/c1-14-21(32-24(26-14)27-20(28)12-7-15-5-3-2-4-6-15)23(30)31-17-9-11-18-16(13-17)8-10-19(18)22(25)29/h2-7,9,11-13,19H,8,10H2,1H3,(H2,25,29)(H,26,27,28). The summed E-state index contributed by atoms with van der Waals surface area (Å²) in [6.45, 7) is 1.68. The number of aromatic nitrogens is 1. The van der Waals surface area contributed by atoms with E-state index in [2.05, 4.69) is 10.3 Å². The Labute approximate surface area is 188 Å². The molecule has 2 aromatic carbocycles. The molecule has 32 heavy (non-hydrogen) atoms. The number of hydrogen-bond donors (Lipinski definition) is 2. The van der Waals surface area contributed by atoms with Gasteiger partial charge in [-0.3, -0.25) is 14.9 Å². The predicted molar refractivity (Wildman–Crippen MR) is 123 cm³/mol. The minimum absolute atomic E-state index is 0.291. The van der Waals surface area contributed by atoms with Gasteiger partial charge in [0.25, 0.3) is 0 Å². The smallest absolute Gasteiger partial charge is 0.355 e. The number of carbonyl (C=O) groups is 3. The largest absolute Gasteiger partial charge is 0.422 e. The Hall–Kier alpha value is -3.78. The number of aryl methyl sites for hydroxylation is 2. The predicted octanol–water partition coefficient (Wildman–Crippen LogP) is 3.84. The number of nitrogens with two attached hydrogens (primary N) is 1. The molecule has 0 bridgehead atoms. The number of anilines is 1. The summed E-state index contributed by atoms with van der Waals surface area (Å²) in [5, 5.41) is 2.99. The van der Waals surface area contributed by atoms with Crippen molar-refractivity contribution in [1.82, 2.24) is 4.98 Å². The Bertz CT molecular complexity index is 1220. The number of hydrogen-bond acceptors (Lipinski definition) is 6. The van der Waals surface area contributed by atoms with Crippen molar-refractivity contribution in [2.24, 2.45) is 5.73 Å². The van der Waals surface area contributed by atoms with Crippen LogP contribution >= 0.6 is 11.3 Å². The van der Waals surface area contributed by atoms with Gasteiger partial charge in [0.15, 0.2) is 5.13 Å². The Balaban J connectivity index is 1.41. The van der Waals surface area contributed by atoms with Crippen molar-refractivity contribution in [2.45, 2.75) is 25.7 Å². The maximum Gasteiger partial charge on any atom is 0.355 e. The van der Waals surface area contributed by atoms with Gasteiger partial charge in [-0.25, -0.2) is 9.78 Å². The van der Waals surface area contributed by atoms with E-state index in [1.165, 1.54) is 6.08 Å². The van der Waals surface area contributed by atoms with E-state index in [1.54, 1.807) is 31.2 Å². The van der Waals surface area contributed by atoms with Crippen LogP contribution in [0.1, 0.15) is 44.4 Å². The fraction of sp³-hybridized carbons (Fsp3) is 0.167. The molecule has 0 aliphatic heterocycles. The minimum atomic E-state index is -0.551. The number of nitrogens with one attached hydrogen (secondary N) is 1. The molecular weight excluding hydrogens is 426 g/mol. The molecule has 2 amide bonds. The van der Waals surface area contributed by atoms with Crippen LogP contribution < -0.4 is 15.8 Å². The topological polar surface area (TPSA) is 111 Å². The van der Waals surface area contributed by atoms with Gasteiger partial charge in [0.1, 0.15) is 10.6 Å². The van der Waals surface area contributed by atoms with Gasteiger partial charge in [0.2, 0.25) is 11.8 Å². The molecule has 3 N–H and O–H groups in total. The normalized spacial score (nSPS) is 14.8. The van der Waals surface area contributed by atoms with Crippen molar-refractivity contribution in [2.75, 3.05) is 5.32 Å². The summed E-state index contributed by atoms with van der Waals surface area (Å²) in [6.07, 6.45) is 4.48. The van der Waals surface area contributed by atoms with Crippen molar-refractivity contribution in [3.05, 3.63) is 81.9 Å². The summed E-state index contributed by atoms with van der Waals surface area (Å²) in [6, 6.07) is 14.7. The zero-order valence-corrected chi connectivity index (χ0v) is 18.1. The molecule has 0 saturated carbocycles. The van der Waals surface area contributed by atoms with E-state index in [-0.39, 0.29) is 17.7 Å². The number of rotatable bonds is 6. The average molecular weight is 448 g/mol. The number of carbonyl (C=O) groups excluding carboxylic acids is 3.